The van der Waals surface area contributed by atoms with Crippen LogP contribution < -0.4 is 10.6 Å². The molecule has 0 heterocycles. The zero-order valence-electron chi connectivity index (χ0n) is 16.0. The van der Waals surface area contributed by atoms with E-state index in [2.05, 4.69) is 41.0 Å². The predicted molar refractivity (Wildman–Crippen MR) is 109 cm³/mol. The van der Waals surface area contributed by atoms with Crippen molar-refractivity contribution in [1.29, 1.82) is 0 Å². The van der Waals surface area contributed by atoms with Gasteiger partial charge in [-0.2, -0.15) is 0 Å². The summed E-state index contributed by atoms with van der Waals surface area (Å²) < 4.78 is 5.27. The summed E-state index contributed by atoms with van der Waals surface area (Å²) in [5.41, 5.74) is 2.64. The Kier molecular flexibility index (Phi) is 7.52. The second-order valence-corrected chi connectivity index (χ2v) is 7.43. The maximum absolute atomic E-state index is 11.8. The standard InChI is InChI=1S/C22H30N2O2/c1-22(2,3)26-21(25)24-20-15-10-14-19(17-20)23-16-9-5-8-13-18-11-6-4-7-12-18/h4,6-7,10-12,14-15,17,23H,5,8-9,13,16H2,1-3H3,(H,24,25). The van der Waals surface area contributed by atoms with Crippen LogP contribution in [0.25, 0.3) is 0 Å². The van der Waals surface area contributed by atoms with Gasteiger partial charge in [-0.1, -0.05) is 42.8 Å². The highest BCUT2D eigenvalue weighted by Gasteiger charge is 2.16. The van der Waals surface area contributed by atoms with Crippen LogP contribution in [-0.4, -0.2) is 18.2 Å². The van der Waals surface area contributed by atoms with Gasteiger partial charge in [-0.3, -0.25) is 5.32 Å². The summed E-state index contributed by atoms with van der Waals surface area (Å²) in [5.74, 6) is 0. The minimum atomic E-state index is -0.500. The molecule has 0 saturated heterocycles. The van der Waals surface area contributed by atoms with Gasteiger partial charge in [0, 0.05) is 17.9 Å². The molecule has 0 aliphatic carbocycles. The number of hydrogen-bond acceptors (Lipinski definition) is 3. The van der Waals surface area contributed by atoms with Crippen LogP contribution >= 0.6 is 0 Å². The van der Waals surface area contributed by atoms with E-state index in [4.69, 9.17) is 4.74 Å². The minimum absolute atomic E-state index is 0.435. The molecular weight excluding hydrogens is 324 g/mol. The molecule has 0 saturated carbocycles. The first-order valence-electron chi connectivity index (χ1n) is 9.30. The number of benzene rings is 2. The van der Waals surface area contributed by atoms with Gasteiger partial charge in [-0.05, 0) is 63.8 Å². The SMILES string of the molecule is CC(C)(C)OC(=O)Nc1cccc(NCCCCCc2ccccc2)c1. The van der Waals surface area contributed by atoms with Crippen molar-refractivity contribution in [2.75, 3.05) is 17.2 Å². The highest BCUT2D eigenvalue weighted by molar-refractivity contribution is 5.85. The molecule has 2 aromatic carbocycles. The van der Waals surface area contributed by atoms with Crippen LogP contribution in [0.1, 0.15) is 45.6 Å². The number of anilines is 2. The van der Waals surface area contributed by atoms with Crippen LogP contribution in [0.2, 0.25) is 0 Å². The molecule has 0 aliphatic heterocycles. The highest BCUT2D eigenvalue weighted by atomic mass is 16.6. The van der Waals surface area contributed by atoms with Crippen molar-refractivity contribution in [1.82, 2.24) is 0 Å². The normalized spacial score (nSPS) is 11.0. The molecule has 0 atom stereocenters. The van der Waals surface area contributed by atoms with E-state index in [1.807, 2.05) is 45.0 Å². The van der Waals surface area contributed by atoms with E-state index in [0.717, 1.165) is 30.8 Å². The Labute approximate surface area is 157 Å². The average molecular weight is 354 g/mol. The Balaban J connectivity index is 1.67. The largest absolute Gasteiger partial charge is 0.444 e. The van der Waals surface area contributed by atoms with Crippen molar-refractivity contribution < 1.29 is 9.53 Å². The summed E-state index contributed by atoms with van der Waals surface area (Å²) in [5, 5.41) is 6.18. The molecule has 0 aromatic heterocycles. The first-order valence-corrected chi connectivity index (χ1v) is 9.30. The summed E-state index contributed by atoms with van der Waals surface area (Å²) in [6, 6.07) is 18.3. The molecule has 0 bridgehead atoms. The van der Waals surface area contributed by atoms with E-state index in [1.165, 1.54) is 18.4 Å². The highest BCUT2D eigenvalue weighted by Crippen LogP contribution is 2.17. The van der Waals surface area contributed by atoms with Crippen LogP contribution in [0.15, 0.2) is 54.6 Å². The number of aryl methyl sites for hydroxylation is 1. The lowest BCUT2D eigenvalue weighted by molar-refractivity contribution is 0.0636. The molecule has 140 valence electrons. The molecule has 2 N–H and O–H groups in total. The van der Waals surface area contributed by atoms with Gasteiger partial charge in [0.25, 0.3) is 0 Å². The number of ether oxygens (including phenoxy) is 1. The lowest BCUT2D eigenvalue weighted by atomic mass is 10.1. The molecule has 26 heavy (non-hydrogen) atoms. The van der Waals surface area contributed by atoms with Crippen molar-refractivity contribution >= 4 is 17.5 Å². The van der Waals surface area contributed by atoms with Gasteiger partial charge >= 0.3 is 6.09 Å². The van der Waals surface area contributed by atoms with Gasteiger partial charge in [0.15, 0.2) is 0 Å². The van der Waals surface area contributed by atoms with E-state index in [0.29, 0.717) is 0 Å². The molecule has 0 fully saturated rings. The zero-order chi connectivity index (χ0) is 18.8. The fourth-order valence-electron chi connectivity index (χ4n) is 2.64. The van der Waals surface area contributed by atoms with E-state index in [1.54, 1.807) is 0 Å². The monoisotopic (exact) mass is 354 g/mol. The van der Waals surface area contributed by atoms with E-state index < -0.39 is 11.7 Å². The maximum Gasteiger partial charge on any atom is 0.412 e. The average Bonchev–Trinajstić information content (AvgIpc) is 2.57. The summed E-state index contributed by atoms with van der Waals surface area (Å²) in [6.45, 7) is 6.47. The molecule has 4 nitrogen and oxygen atoms in total. The third kappa shape index (κ3) is 8.06. The van der Waals surface area contributed by atoms with Crippen LogP contribution in [0.5, 0.6) is 0 Å². The first-order chi connectivity index (χ1) is 12.4. The third-order valence-electron chi connectivity index (χ3n) is 3.82. The van der Waals surface area contributed by atoms with Crippen molar-refractivity contribution in [2.45, 2.75) is 52.1 Å². The van der Waals surface area contributed by atoms with Crippen LogP contribution in [0.4, 0.5) is 16.2 Å². The van der Waals surface area contributed by atoms with Crippen molar-refractivity contribution in [2.24, 2.45) is 0 Å². The number of unbranched alkanes of at least 4 members (excludes halogenated alkanes) is 2. The molecule has 0 aliphatic rings. The first kappa shape index (κ1) is 19.8. The van der Waals surface area contributed by atoms with Gasteiger partial charge in [-0.25, -0.2) is 4.79 Å². The fraction of sp³-hybridized carbons (Fsp3) is 0.409. The predicted octanol–water partition coefficient (Wildman–Crippen LogP) is 5.86. The van der Waals surface area contributed by atoms with Crippen LogP contribution in [0.3, 0.4) is 0 Å². The van der Waals surface area contributed by atoms with E-state index in [-0.39, 0.29) is 0 Å². The number of rotatable bonds is 8. The number of hydrogen-bond donors (Lipinski definition) is 2. The van der Waals surface area contributed by atoms with Gasteiger partial charge in [0.2, 0.25) is 0 Å². The third-order valence-corrected chi connectivity index (χ3v) is 3.82. The van der Waals surface area contributed by atoms with Crippen molar-refractivity contribution in [3.63, 3.8) is 0 Å². The number of carbonyl (C=O) groups is 1. The Morgan fingerprint density at radius 1 is 0.923 bits per heavy atom. The Hall–Kier alpha value is -2.49. The summed E-state index contributed by atoms with van der Waals surface area (Å²) in [4.78, 5) is 11.8. The number of amides is 1. The summed E-state index contributed by atoms with van der Waals surface area (Å²) in [6.07, 6.45) is 4.21. The quantitative estimate of drug-likeness (QED) is 0.584. The second kappa shape index (κ2) is 9.85. The summed E-state index contributed by atoms with van der Waals surface area (Å²) in [7, 11) is 0. The van der Waals surface area contributed by atoms with Crippen molar-refractivity contribution in [3.8, 4) is 0 Å². The minimum Gasteiger partial charge on any atom is -0.444 e. The lowest BCUT2D eigenvalue weighted by Crippen LogP contribution is -2.27. The molecule has 4 heteroatoms. The van der Waals surface area contributed by atoms with Crippen LogP contribution in [0, 0.1) is 0 Å². The van der Waals surface area contributed by atoms with Gasteiger partial charge < -0.3 is 10.1 Å². The van der Waals surface area contributed by atoms with Gasteiger partial charge in [0.1, 0.15) is 5.60 Å². The number of nitrogens with one attached hydrogen (secondary N) is 2. The topological polar surface area (TPSA) is 50.4 Å². The molecule has 1 amide bonds. The molecule has 0 unspecified atom stereocenters. The molecule has 2 aromatic rings. The fourth-order valence-corrected chi connectivity index (χ4v) is 2.64. The lowest BCUT2D eigenvalue weighted by Gasteiger charge is -2.19. The maximum atomic E-state index is 11.8. The second-order valence-electron chi connectivity index (χ2n) is 7.43. The summed E-state index contributed by atoms with van der Waals surface area (Å²) >= 11 is 0. The Morgan fingerprint density at radius 3 is 2.38 bits per heavy atom. The van der Waals surface area contributed by atoms with E-state index in [9.17, 15) is 4.79 Å². The van der Waals surface area contributed by atoms with Gasteiger partial charge in [0.05, 0.1) is 0 Å². The number of carbonyl (C=O) groups excluding carboxylic acids is 1. The zero-order valence-corrected chi connectivity index (χ0v) is 16.0. The Morgan fingerprint density at radius 2 is 1.65 bits per heavy atom. The molecule has 2 rings (SSSR count). The molecule has 0 spiro atoms. The van der Waals surface area contributed by atoms with Crippen molar-refractivity contribution in [3.05, 3.63) is 60.2 Å². The molecule has 0 radical (unpaired) electrons. The van der Waals surface area contributed by atoms with E-state index >= 15 is 0 Å². The Bertz CT molecular complexity index is 678. The smallest absolute Gasteiger partial charge is 0.412 e. The molecular formula is C22H30N2O2. The van der Waals surface area contributed by atoms with Crippen LogP contribution in [-0.2, 0) is 11.2 Å². The van der Waals surface area contributed by atoms with Gasteiger partial charge in [-0.15, -0.1) is 0 Å².